The van der Waals surface area contributed by atoms with Crippen LogP contribution in [-0.2, 0) is 0 Å². The number of hydrogen-bond donors (Lipinski definition) is 1. The summed E-state index contributed by atoms with van der Waals surface area (Å²) < 4.78 is 13.5. The lowest BCUT2D eigenvalue weighted by Gasteiger charge is -2.27. The molecule has 0 saturated carbocycles. The summed E-state index contributed by atoms with van der Waals surface area (Å²) in [5, 5.41) is 2.83. The maximum atomic E-state index is 13.5. The van der Waals surface area contributed by atoms with Crippen LogP contribution in [0.25, 0.3) is 0 Å². The van der Waals surface area contributed by atoms with Crippen LogP contribution in [0.3, 0.4) is 0 Å². The van der Waals surface area contributed by atoms with Gasteiger partial charge in [0.05, 0.1) is 12.7 Å². The van der Waals surface area contributed by atoms with E-state index in [2.05, 4.69) is 22.0 Å². The second kappa shape index (κ2) is 5.63. The van der Waals surface area contributed by atoms with E-state index in [9.17, 15) is 4.39 Å². The van der Waals surface area contributed by atoms with Crippen molar-refractivity contribution in [2.24, 2.45) is 0 Å². The second-order valence-electron chi connectivity index (χ2n) is 3.86. The van der Waals surface area contributed by atoms with Crippen molar-refractivity contribution >= 4 is 0 Å². The quantitative estimate of drug-likeness (QED) is 0.669. The molecule has 1 aliphatic rings. The van der Waals surface area contributed by atoms with Gasteiger partial charge in [0.25, 0.3) is 0 Å². The molecule has 1 heterocycles. The first-order chi connectivity index (χ1) is 6.69. The molecule has 0 amide bonds. The van der Waals surface area contributed by atoms with Crippen molar-refractivity contribution in [3.63, 3.8) is 0 Å². The highest BCUT2D eigenvalue weighted by Gasteiger charge is 2.27. The molecule has 3 nitrogen and oxygen atoms in total. The molecule has 0 spiro atoms. The summed E-state index contributed by atoms with van der Waals surface area (Å²) in [6.45, 7) is 10.7. The molecule has 0 aromatic heterocycles. The molecular formula is C10H22FN3. The molecule has 14 heavy (non-hydrogen) atoms. The zero-order chi connectivity index (χ0) is 10.6. The third kappa shape index (κ3) is 2.90. The van der Waals surface area contributed by atoms with Gasteiger partial charge in [0.15, 0.2) is 6.30 Å². The van der Waals surface area contributed by atoms with Crippen LogP contribution < -0.4 is 5.32 Å². The average molecular weight is 203 g/mol. The molecule has 0 radical (unpaired) electrons. The van der Waals surface area contributed by atoms with Crippen LogP contribution in [-0.4, -0.2) is 55.0 Å². The lowest BCUT2D eigenvalue weighted by Crippen LogP contribution is -2.45. The van der Waals surface area contributed by atoms with Gasteiger partial charge in [0.1, 0.15) is 0 Å². The number of alkyl halides is 1. The predicted molar refractivity (Wildman–Crippen MR) is 56.9 cm³/mol. The number of nitrogens with zero attached hydrogens (tertiary/aromatic N) is 2. The molecule has 4 heteroatoms. The lowest BCUT2D eigenvalue weighted by atomic mass is 10.3. The Bertz CT molecular complexity index is 165. The van der Waals surface area contributed by atoms with Crippen LogP contribution >= 0.6 is 0 Å². The summed E-state index contributed by atoms with van der Waals surface area (Å²) in [6, 6.07) is -0.0218. The van der Waals surface area contributed by atoms with Crippen molar-refractivity contribution in [2.75, 3.05) is 32.8 Å². The smallest absolute Gasteiger partial charge is 0.166 e. The van der Waals surface area contributed by atoms with Crippen LogP contribution in [0.2, 0.25) is 0 Å². The third-order valence-electron chi connectivity index (χ3n) is 2.93. The van der Waals surface area contributed by atoms with Gasteiger partial charge in [-0.2, -0.15) is 0 Å². The highest BCUT2D eigenvalue weighted by atomic mass is 19.1. The Balaban J connectivity index is 2.34. The van der Waals surface area contributed by atoms with Crippen molar-refractivity contribution in [1.82, 2.24) is 15.1 Å². The van der Waals surface area contributed by atoms with Crippen molar-refractivity contribution in [1.29, 1.82) is 0 Å². The van der Waals surface area contributed by atoms with Gasteiger partial charge in [-0.25, -0.2) is 4.39 Å². The number of nitrogens with one attached hydrogen (secondary N) is 1. The largest absolute Gasteiger partial charge is 0.289 e. The molecule has 0 aromatic rings. The fourth-order valence-corrected chi connectivity index (χ4v) is 1.81. The second-order valence-corrected chi connectivity index (χ2v) is 3.86. The van der Waals surface area contributed by atoms with E-state index in [1.165, 1.54) is 0 Å². The summed E-state index contributed by atoms with van der Waals surface area (Å²) in [5.74, 6) is 0. The van der Waals surface area contributed by atoms with Crippen molar-refractivity contribution < 1.29 is 4.39 Å². The first kappa shape index (κ1) is 11.9. The Morgan fingerprint density at radius 1 is 1.36 bits per heavy atom. The summed E-state index contributed by atoms with van der Waals surface area (Å²) in [4.78, 5) is 4.52. The van der Waals surface area contributed by atoms with Gasteiger partial charge in [0.2, 0.25) is 0 Å². The van der Waals surface area contributed by atoms with E-state index < -0.39 is 6.30 Å². The molecule has 1 fully saturated rings. The molecule has 1 aliphatic heterocycles. The molecule has 0 aromatic carbocycles. The normalized spacial score (nSPS) is 24.0. The maximum absolute atomic E-state index is 13.5. The Morgan fingerprint density at radius 3 is 2.57 bits per heavy atom. The molecule has 1 N–H and O–H groups in total. The van der Waals surface area contributed by atoms with Gasteiger partial charge in [0, 0.05) is 13.1 Å². The van der Waals surface area contributed by atoms with E-state index in [-0.39, 0.29) is 6.04 Å². The highest BCUT2D eigenvalue weighted by Crippen LogP contribution is 2.12. The number of likely N-dealkylation sites (N-methyl/N-ethyl adjacent to an activating group) is 2. The monoisotopic (exact) mass is 203 g/mol. The average Bonchev–Trinajstić information content (AvgIpc) is 2.65. The van der Waals surface area contributed by atoms with Gasteiger partial charge < -0.3 is 0 Å². The van der Waals surface area contributed by atoms with E-state index in [1.807, 2.05) is 13.8 Å². The summed E-state index contributed by atoms with van der Waals surface area (Å²) >= 11 is 0. The van der Waals surface area contributed by atoms with Gasteiger partial charge in [-0.3, -0.25) is 15.1 Å². The predicted octanol–water partition coefficient (Wildman–Crippen LogP) is 0.875. The summed E-state index contributed by atoms with van der Waals surface area (Å²) in [5.41, 5.74) is 0. The molecule has 2 atom stereocenters. The lowest BCUT2D eigenvalue weighted by molar-refractivity contribution is 0.106. The van der Waals surface area contributed by atoms with Crippen LogP contribution in [0, 0.1) is 0 Å². The Kier molecular flexibility index (Phi) is 4.78. The molecule has 84 valence electrons. The van der Waals surface area contributed by atoms with E-state index in [4.69, 9.17) is 0 Å². The number of halogens is 1. The fraction of sp³-hybridized carbons (Fsp3) is 1.00. The summed E-state index contributed by atoms with van der Waals surface area (Å²) in [6.07, 6.45) is -0.906. The first-order valence-corrected chi connectivity index (χ1v) is 5.52. The van der Waals surface area contributed by atoms with Gasteiger partial charge >= 0.3 is 0 Å². The minimum Gasteiger partial charge on any atom is -0.289 e. The van der Waals surface area contributed by atoms with E-state index in [0.717, 1.165) is 26.3 Å². The number of hydrogen-bond acceptors (Lipinski definition) is 3. The number of rotatable bonds is 5. The standard InChI is InChI=1S/C10H22FN3/c1-4-12-10(11)9(3)14-7-6-13(5-2)8-14/h9-10,12H,4-8H2,1-3H3. The minimum absolute atomic E-state index is 0.0218. The topological polar surface area (TPSA) is 18.5 Å². The first-order valence-electron chi connectivity index (χ1n) is 5.52. The maximum Gasteiger partial charge on any atom is 0.166 e. The minimum atomic E-state index is -0.906. The zero-order valence-electron chi connectivity index (χ0n) is 9.46. The fourth-order valence-electron chi connectivity index (χ4n) is 1.81. The molecule has 2 unspecified atom stereocenters. The van der Waals surface area contributed by atoms with Crippen LogP contribution in [0.5, 0.6) is 0 Å². The SMILES string of the molecule is CCNC(F)C(C)N1CCN(CC)C1. The molecule has 1 rings (SSSR count). The van der Waals surface area contributed by atoms with Crippen molar-refractivity contribution in [2.45, 2.75) is 33.1 Å². The molecule has 1 saturated heterocycles. The zero-order valence-corrected chi connectivity index (χ0v) is 9.46. The molecule has 0 bridgehead atoms. The van der Waals surface area contributed by atoms with Gasteiger partial charge in [-0.15, -0.1) is 0 Å². The summed E-state index contributed by atoms with van der Waals surface area (Å²) in [7, 11) is 0. The Labute approximate surface area is 86.3 Å². The molecule has 0 aliphatic carbocycles. The van der Waals surface area contributed by atoms with E-state index in [1.54, 1.807) is 0 Å². The van der Waals surface area contributed by atoms with Gasteiger partial charge in [-0.05, 0) is 20.0 Å². The van der Waals surface area contributed by atoms with Gasteiger partial charge in [-0.1, -0.05) is 13.8 Å². The Hall–Kier alpha value is -0.190. The van der Waals surface area contributed by atoms with Crippen LogP contribution in [0.15, 0.2) is 0 Å². The third-order valence-corrected chi connectivity index (χ3v) is 2.93. The highest BCUT2D eigenvalue weighted by molar-refractivity contribution is 4.79. The Morgan fingerprint density at radius 2 is 2.07 bits per heavy atom. The van der Waals surface area contributed by atoms with E-state index >= 15 is 0 Å². The van der Waals surface area contributed by atoms with E-state index in [0.29, 0.717) is 6.54 Å². The van der Waals surface area contributed by atoms with Crippen molar-refractivity contribution in [3.8, 4) is 0 Å². The van der Waals surface area contributed by atoms with Crippen molar-refractivity contribution in [3.05, 3.63) is 0 Å². The van der Waals surface area contributed by atoms with Crippen LogP contribution in [0.1, 0.15) is 20.8 Å². The van der Waals surface area contributed by atoms with Crippen LogP contribution in [0.4, 0.5) is 4.39 Å². The molecular weight excluding hydrogens is 181 g/mol.